The standard InChI is InChI=1S/C30H30N6O2/c1-19(2)13-24-16-27(35-38-24)23-17-31-30(32-18-23)36-11-9-20(10-12-36)21-7-8-26-22(14-21)15-28(34-33-26)25-5-3-4-6-29(25)37/h3-8,14-20,37H,9-13H2,1-2H3. The Morgan fingerprint density at radius 3 is 2.50 bits per heavy atom. The molecule has 2 aromatic carbocycles. The summed E-state index contributed by atoms with van der Waals surface area (Å²) in [6, 6.07) is 17.6. The molecule has 1 aliphatic heterocycles. The van der Waals surface area contributed by atoms with Crippen LogP contribution in [-0.2, 0) is 6.42 Å². The predicted octanol–water partition coefficient (Wildman–Crippen LogP) is 6.03. The fourth-order valence-corrected chi connectivity index (χ4v) is 5.12. The van der Waals surface area contributed by atoms with E-state index in [2.05, 4.69) is 56.2 Å². The Labute approximate surface area is 221 Å². The van der Waals surface area contributed by atoms with Crippen LogP contribution in [0.3, 0.4) is 0 Å². The minimum atomic E-state index is 0.205. The van der Waals surface area contributed by atoms with E-state index in [4.69, 9.17) is 4.52 Å². The van der Waals surface area contributed by atoms with E-state index in [9.17, 15) is 5.11 Å². The van der Waals surface area contributed by atoms with Crippen molar-refractivity contribution in [1.82, 2.24) is 25.3 Å². The molecule has 1 N–H and O–H groups in total. The highest BCUT2D eigenvalue weighted by atomic mass is 16.5. The van der Waals surface area contributed by atoms with Crippen LogP contribution < -0.4 is 4.90 Å². The van der Waals surface area contributed by atoms with E-state index in [0.717, 1.165) is 66.2 Å². The minimum absolute atomic E-state index is 0.205. The summed E-state index contributed by atoms with van der Waals surface area (Å²) in [5, 5.41) is 24.1. The van der Waals surface area contributed by atoms with Gasteiger partial charge in [-0.2, -0.15) is 0 Å². The average molecular weight is 507 g/mol. The Balaban J connectivity index is 1.13. The Morgan fingerprint density at radius 2 is 1.74 bits per heavy atom. The number of para-hydroxylation sites is 1. The van der Waals surface area contributed by atoms with Crippen LogP contribution in [0.5, 0.6) is 5.75 Å². The lowest BCUT2D eigenvalue weighted by Crippen LogP contribution is -2.34. The number of piperidine rings is 1. The van der Waals surface area contributed by atoms with Crippen molar-refractivity contribution in [1.29, 1.82) is 0 Å². The van der Waals surface area contributed by atoms with E-state index in [1.165, 1.54) is 5.56 Å². The third-order valence-electron chi connectivity index (χ3n) is 7.14. The molecule has 8 nitrogen and oxygen atoms in total. The molecule has 8 heteroatoms. The van der Waals surface area contributed by atoms with Crippen LogP contribution in [0.15, 0.2) is 71.5 Å². The van der Waals surface area contributed by atoms with Crippen molar-refractivity contribution in [3.05, 3.63) is 78.3 Å². The maximum Gasteiger partial charge on any atom is 0.225 e. The van der Waals surface area contributed by atoms with Crippen LogP contribution in [0.4, 0.5) is 5.95 Å². The van der Waals surface area contributed by atoms with Gasteiger partial charge in [0.15, 0.2) is 0 Å². The zero-order valence-electron chi connectivity index (χ0n) is 21.6. The maximum atomic E-state index is 10.2. The highest BCUT2D eigenvalue weighted by Crippen LogP contribution is 2.33. The summed E-state index contributed by atoms with van der Waals surface area (Å²) < 4.78 is 5.46. The van der Waals surface area contributed by atoms with Gasteiger partial charge >= 0.3 is 0 Å². The summed E-state index contributed by atoms with van der Waals surface area (Å²) in [4.78, 5) is 11.5. The van der Waals surface area contributed by atoms with Crippen molar-refractivity contribution >= 4 is 16.9 Å². The van der Waals surface area contributed by atoms with E-state index >= 15 is 0 Å². The molecule has 3 aromatic heterocycles. The lowest BCUT2D eigenvalue weighted by Gasteiger charge is -2.32. The Kier molecular flexibility index (Phi) is 6.45. The smallest absolute Gasteiger partial charge is 0.225 e. The first-order valence-corrected chi connectivity index (χ1v) is 13.1. The van der Waals surface area contributed by atoms with Crippen molar-refractivity contribution in [2.24, 2.45) is 5.92 Å². The molecule has 0 amide bonds. The highest BCUT2D eigenvalue weighted by molar-refractivity contribution is 5.83. The van der Waals surface area contributed by atoms with Crippen LogP contribution in [0.25, 0.3) is 33.4 Å². The summed E-state index contributed by atoms with van der Waals surface area (Å²) in [5.74, 6) is 2.81. The normalized spacial score (nSPS) is 14.4. The van der Waals surface area contributed by atoms with Crippen LogP contribution in [0, 0.1) is 5.92 Å². The molecule has 38 heavy (non-hydrogen) atoms. The van der Waals surface area contributed by atoms with Crippen molar-refractivity contribution < 1.29 is 9.63 Å². The summed E-state index contributed by atoms with van der Waals surface area (Å²) in [6.07, 6.45) is 6.56. The first-order valence-electron chi connectivity index (χ1n) is 13.1. The molecule has 1 aliphatic rings. The number of nitrogens with zero attached hydrogens (tertiary/aromatic N) is 6. The Morgan fingerprint density at radius 1 is 0.947 bits per heavy atom. The van der Waals surface area contributed by atoms with E-state index < -0.39 is 0 Å². The molecular formula is C30H30N6O2. The van der Waals surface area contributed by atoms with E-state index in [-0.39, 0.29) is 5.75 Å². The van der Waals surface area contributed by atoms with E-state index in [0.29, 0.717) is 23.1 Å². The molecular weight excluding hydrogens is 476 g/mol. The monoisotopic (exact) mass is 506 g/mol. The number of phenols is 1. The molecule has 0 aliphatic carbocycles. The number of aromatic hydroxyl groups is 1. The molecule has 6 rings (SSSR count). The molecule has 1 fully saturated rings. The predicted molar refractivity (Wildman–Crippen MR) is 147 cm³/mol. The van der Waals surface area contributed by atoms with Gasteiger partial charge in [0.2, 0.25) is 5.95 Å². The molecule has 0 spiro atoms. The SMILES string of the molecule is CC(C)Cc1cc(-c2cnc(N3CCC(c4ccc5nnc(-c6ccccc6O)cc5c4)CC3)nc2)no1. The van der Waals surface area contributed by atoms with Crippen molar-refractivity contribution in [2.45, 2.75) is 39.0 Å². The maximum absolute atomic E-state index is 10.2. The zero-order valence-corrected chi connectivity index (χ0v) is 21.6. The Bertz CT molecular complexity index is 1560. The van der Waals surface area contributed by atoms with Gasteiger partial charge in [-0.1, -0.05) is 37.2 Å². The van der Waals surface area contributed by atoms with Gasteiger partial charge in [0.1, 0.15) is 17.2 Å². The van der Waals surface area contributed by atoms with Crippen LogP contribution in [0.2, 0.25) is 0 Å². The molecule has 5 aromatic rings. The number of fused-ring (bicyclic) bond motifs is 1. The minimum Gasteiger partial charge on any atom is -0.507 e. The molecule has 4 heterocycles. The lowest BCUT2D eigenvalue weighted by molar-refractivity contribution is 0.370. The summed E-state index contributed by atoms with van der Waals surface area (Å²) in [5.41, 5.74) is 5.15. The van der Waals surface area contributed by atoms with Gasteiger partial charge in [0.25, 0.3) is 0 Å². The second-order valence-electron chi connectivity index (χ2n) is 10.4. The van der Waals surface area contributed by atoms with Gasteiger partial charge < -0.3 is 14.5 Å². The second kappa shape index (κ2) is 10.2. The average Bonchev–Trinajstić information content (AvgIpc) is 3.41. The van der Waals surface area contributed by atoms with Crippen molar-refractivity contribution in [2.75, 3.05) is 18.0 Å². The molecule has 0 bridgehead atoms. The Hall–Kier alpha value is -4.33. The van der Waals surface area contributed by atoms with Gasteiger partial charge in [-0.25, -0.2) is 9.97 Å². The molecule has 0 unspecified atom stereocenters. The van der Waals surface area contributed by atoms with Crippen LogP contribution >= 0.6 is 0 Å². The van der Waals surface area contributed by atoms with Gasteiger partial charge in [-0.15, -0.1) is 10.2 Å². The van der Waals surface area contributed by atoms with Gasteiger partial charge in [-0.05, 0) is 60.6 Å². The largest absolute Gasteiger partial charge is 0.507 e. The summed E-state index contributed by atoms with van der Waals surface area (Å²) in [7, 11) is 0. The number of aromatic nitrogens is 5. The molecule has 1 saturated heterocycles. The third kappa shape index (κ3) is 4.94. The van der Waals surface area contributed by atoms with Crippen molar-refractivity contribution in [3.63, 3.8) is 0 Å². The summed E-state index contributed by atoms with van der Waals surface area (Å²) >= 11 is 0. The second-order valence-corrected chi connectivity index (χ2v) is 10.4. The van der Waals surface area contributed by atoms with Gasteiger partial charge in [0, 0.05) is 54.5 Å². The zero-order chi connectivity index (χ0) is 26.1. The fourth-order valence-electron chi connectivity index (χ4n) is 5.12. The number of rotatable bonds is 6. The van der Waals surface area contributed by atoms with Crippen molar-refractivity contribution in [3.8, 4) is 28.3 Å². The van der Waals surface area contributed by atoms with Gasteiger partial charge in [0.05, 0.1) is 11.2 Å². The van der Waals surface area contributed by atoms with Gasteiger partial charge in [-0.3, -0.25) is 0 Å². The molecule has 0 atom stereocenters. The van der Waals surface area contributed by atoms with E-state index in [1.54, 1.807) is 12.1 Å². The first-order chi connectivity index (χ1) is 18.5. The first kappa shape index (κ1) is 24.0. The number of hydrogen-bond donors (Lipinski definition) is 1. The quantitative estimate of drug-likeness (QED) is 0.298. The number of benzene rings is 2. The highest BCUT2D eigenvalue weighted by Gasteiger charge is 2.23. The van der Waals surface area contributed by atoms with E-state index in [1.807, 2.05) is 42.7 Å². The molecule has 0 radical (unpaired) electrons. The lowest BCUT2D eigenvalue weighted by atomic mass is 9.89. The molecule has 192 valence electrons. The number of hydrogen-bond acceptors (Lipinski definition) is 8. The van der Waals surface area contributed by atoms with Crippen LogP contribution in [-0.4, -0.2) is 43.5 Å². The fraction of sp³-hybridized carbons (Fsp3) is 0.300. The number of phenolic OH excluding ortho intramolecular Hbond substituents is 1. The summed E-state index contributed by atoms with van der Waals surface area (Å²) in [6.45, 7) is 6.10. The van der Waals surface area contributed by atoms with Crippen LogP contribution in [0.1, 0.15) is 43.9 Å². The molecule has 0 saturated carbocycles. The third-order valence-corrected chi connectivity index (χ3v) is 7.14. The topological polar surface area (TPSA) is 101 Å². The number of anilines is 1.